The third-order valence-corrected chi connectivity index (χ3v) is 9.87. The van der Waals surface area contributed by atoms with Gasteiger partial charge in [0.1, 0.15) is 5.82 Å². The number of halogens is 2. The van der Waals surface area contributed by atoms with Gasteiger partial charge in [-0.2, -0.15) is 4.31 Å². The monoisotopic (exact) mass is 536 g/mol. The van der Waals surface area contributed by atoms with E-state index in [0.29, 0.717) is 41.5 Å². The number of sulfonamides is 1. The third-order valence-electron chi connectivity index (χ3n) is 7.51. The highest BCUT2D eigenvalue weighted by Crippen LogP contribution is 2.36. The Bertz CT molecular complexity index is 1650. The molecule has 5 rings (SSSR count). The SMILES string of the molecule is Cc1cc(C)c(S(=O)(=O)N2CC=C(c3c(C)n(Cc4c(F)cccc4Cl)c4ccccc34)CC2)cc1C. The molecule has 1 aromatic heterocycles. The number of rotatable bonds is 5. The summed E-state index contributed by atoms with van der Waals surface area (Å²) in [5, 5.41) is 1.47. The van der Waals surface area contributed by atoms with Gasteiger partial charge in [0.05, 0.1) is 11.4 Å². The Kier molecular flexibility index (Phi) is 6.77. The van der Waals surface area contributed by atoms with Crippen LogP contribution in [0, 0.1) is 33.5 Å². The van der Waals surface area contributed by atoms with Crippen LogP contribution < -0.4 is 0 Å². The molecule has 37 heavy (non-hydrogen) atoms. The number of aromatic nitrogens is 1. The summed E-state index contributed by atoms with van der Waals surface area (Å²) < 4.78 is 45.3. The first kappa shape index (κ1) is 25.7. The Morgan fingerprint density at radius 1 is 0.946 bits per heavy atom. The summed E-state index contributed by atoms with van der Waals surface area (Å²) >= 11 is 6.35. The van der Waals surface area contributed by atoms with Crippen LogP contribution in [-0.4, -0.2) is 30.4 Å². The van der Waals surface area contributed by atoms with Crippen molar-refractivity contribution in [2.75, 3.05) is 13.1 Å². The number of fused-ring (bicyclic) bond motifs is 1. The lowest BCUT2D eigenvalue weighted by Gasteiger charge is -2.27. The highest BCUT2D eigenvalue weighted by Gasteiger charge is 2.29. The van der Waals surface area contributed by atoms with Crippen LogP contribution in [0.4, 0.5) is 4.39 Å². The van der Waals surface area contributed by atoms with Crippen LogP contribution >= 0.6 is 11.6 Å². The minimum Gasteiger partial charge on any atom is -0.340 e. The molecule has 0 radical (unpaired) electrons. The fourth-order valence-electron chi connectivity index (χ4n) is 5.33. The molecular formula is C30H30ClFN2O2S. The lowest BCUT2D eigenvalue weighted by Crippen LogP contribution is -2.35. The molecule has 1 aliphatic rings. The van der Waals surface area contributed by atoms with E-state index in [2.05, 4.69) is 10.6 Å². The van der Waals surface area contributed by atoms with Gasteiger partial charge in [-0.05, 0) is 80.6 Å². The summed E-state index contributed by atoms with van der Waals surface area (Å²) in [5.74, 6) is -0.328. The van der Waals surface area contributed by atoms with Gasteiger partial charge in [0.25, 0.3) is 0 Å². The minimum absolute atomic E-state index is 0.308. The van der Waals surface area contributed by atoms with Crippen LogP contribution in [0.15, 0.2) is 65.6 Å². The van der Waals surface area contributed by atoms with Crippen LogP contribution in [0.3, 0.4) is 0 Å². The molecule has 7 heteroatoms. The molecule has 0 amide bonds. The Labute approximate surface area is 223 Å². The average Bonchev–Trinajstić information content (AvgIpc) is 3.14. The van der Waals surface area contributed by atoms with Crippen molar-refractivity contribution in [3.8, 4) is 0 Å². The maximum absolute atomic E-state index is 14.6. The summed E-state index contributed by atoms with van der Waals surface area (Å²) in [6.07, 6.45) is 2.62. The van der Waals surface area contributed by atoms with Gasteiger partial charge >= 0.3 is 0 Å². The van der Waals surface area contributed by atoms with Crippen molar-refractivity contribution in [1.82, 2.24) is 8.87 Å². The Morgan fingerprint density at radius 2 is 1.68 bits per heavy atom. The van der Waals surface area contributed by atoms with Crippen molar-refractivity contribution in [3.63, 3.8) is 0 Å². The molecule has 0 spiro atoms. The highest BCUT2D eigenvalue weighted by atomic mass is 35.5. The van der Waals surface area contributed by atoms with Crippen molar-refractivity contribution in [2.24, 2.45) is 0 Å². The van der Waals surface area contributed by atoms with Gasteiger partial charge in [0, 0.05) is 45.8 Å². The maximum atomic E-state index is 14.6. The molecule has 4 nitrogen and oxygen atoms in total. The first-order valence-electron chi connectivity index (χ1n) is 12.4. The highest BCUT2D eigenvalue weighted by molar-refractivity contribution is 7.89. The first-order valence-corrected chi connectivity index (χ1v) is 14.2. The largest absolute Gasteiger partial charge is 0.340 e. The van der Waals surface area contributed by atoms with E-state index in [4.69, 9.17) is 11.6 Å². The summed E-state index contributed by atoms with van der Waals surface area (Å²) in [7, 11) is -3.61. The topological polar surface area (TPSA) is 42.3 Å². The fourth-order valence-corrected chi connectivity index (χ4v) is 7.22. The second-order valence-corrected chi connectivity index (χ2v) is 12.1. The van der Waals surface area contributed by atoms with Gasteiger partial charge in [0.15, 0.2) is 0 Å². The van der Waals surface area contributed by atoms with E-state index in [-0.39, 0.29) is 5.82 Å². The zero-order valence-corrected chi connectivity index (χ0v) is 23.0. The summed E-state index contributed by atoms with van der Waals surface area (Å²) in [5.41, 5.74) is 7.47. The number of hydrogen-bond donors (Lipinski definition) is 0. The van der Waals surface area contributed by atoms with Crippen molar-refractivity contribution in [3.05, 3.63) is 105 Å². The van der Waals surface area contributed by atoms with Crippen molar-refractivity contribution in [1.29, 1.82) is 0 Å². The van der Waals surface area contributed by atoms with Crippen LogP contribution in [0.1, 0.15) is 39.9 Å². The Hall–Kier alpha value is -2.93. The second-order valence-electron chi connectivity index (χ2n) is 9.81. The fraction of sp³-hybridized carbons (Fsp3) is 0.267. The van der Waals surface area contributed by atoms with Crippen molar-refractivity contribution < 1.29 is 12.8 Å². The van der Waals surface area contributed by atoms with Gasteiger partial charge in [-0.3, -0.25) is 0 Å². The van der Waals surface area contributed by atoms with E-state index in [1.54, 1.807) is 22.5 Å². The Balaban J connectivity index is 1.52. The normalized spacial score (nSPS) is 14.8. The van der Waals surface area contributed by atoms with E-state index >= 15 is 0 Å². The van der Waals surface area contributed by atoms with E-state index in [1.165, 1.54) is 6.07 Å². The standard InChI is InChI=1S/C30H30ClFN2O2S/c1-19-16-21(3)29(17-20(19)2)37(35,36)33-14-12-23(13-15-33)30-22(4)34(28-11-6-5-8-24(28)30)18-25-26(31)9-7-10-27(25)32/h5-12,16-17H,13-15,18H2,1-4H3. The molecule has 0 fully saturated rings. The average molecular weight is 537 g/mol. The predicted octanol–water partition coefficient (Wildman–Crippen LogP) is 7.19. The number of nitrogens with zero attached hydrogens (tertiary/aromatic N) is 2. The van der Waals surface area contributed by atoms with Crippen LogP contribution in [0.5, 0.6) is 0 Å². The zero-order chi connectivity index (χ0) is 26.5. The zero-order valence-electron chi connectivity index (χ0n) is 21.5. The molecule has 0 atom stereocenters. The van der Waals surface area contributed by atoms with Crippen LogP contribution in [-0.2, 0) is 16.6 Å². The lowest BCUT2D eigenvalue weighted by molar-refractivity contribution is 0.441. The molecule has 0 unspecified atom stereocenters. The third kappa shape index (κ3) is 4.52. The first-order chi connectivity index (χ1) is 17.6. The molecule has 1 aliphatic heterocycles. The molecule has 192 valence electrons. The number of hydrogen-bond acceptors (Lipinski definition) is 2. The minimum atomic E-state index is -3.61. The number of para-hydroxylation sites is 1. The smallest absolute Gasteiger partial charge is 0.243 e. The van der Waals surface area contributed by atoms with Gasteiger partial charge in [-0.15, -0.1) is 0 Å². The van der Waals surface area contributed by atoms with E-state index in [1.807, 2.05) is 58.0 Å². The summed E-state index contributed by atoms with van der Waals surface area (Å²) in [4.78, 5) is 0.377. The summed E-state index contributed by atoms with van der Waals surface area (Å²) in [6.45, 7) is 8.85. The quantitative estimate of drug-likeness (QED) is 0.271. The molecule has 0 aliphatic carbocycles. The molecule has 0 N–H and O–H groups in total. The lowest BCUT2D eigenvalue weighted by atomic mass is 9.97. The second kappa shape index (κ2) is 9.75. The van der Waals surface area contributed by atoms with Gasteiger partial charge in [-0.1, -0.05) is 48.0 Å². The number of benzene rings is 3. The molecule has 4 aromatic rings. The molecular weight excluding hydrogens is 507 g/mol. The predicted molar refractivity (Wildman–Crippen MR) is 149 cm³/mol. The van der Waals surface area contributed by atoms with E-state index in [0.717, 1.165) is 44.4 Å². The Morgan fingerprint density at radius 3 is 2.38 bits per heavy atom. The van der Waals surface area contributed by atoms with Gasteiger partial charge in [0.2, 0.25) is 10.0 Å². The van der Waals surface area contributed by atoms with Crippen molar-refractivity contribution >= 4 is 38.1 Å². The van der Waals surface area contributed by atoms with E-state index in [9.17, 15) is 12.8 Å². The summed E-state index contributed by atoms with van der Waals surface area (Å²) in [6, 6.07) is 16.5. The molecule has 3 aromatic carbocycles. The molecule has 2 heterocycles. The number of aryl methyl sites for hydroxylation is 3. The molecule has 0 saturated carbocycles. The van der Waals surface area contributed by atoms with Gasteiger partial charge < -0.3 is 4.57 Å². The van der Waals surface area contributed by atoms with E-state index < -0.39 is 10.0 Å². The molecule has 0 saturated heterocycles. The van der Waals surface area contributed by atoms with Crippen molar-refractivity contribution in [2.45, 2.75) is 45.6 Å². The maximum Gasteiger partial charge on any atom is 0.243 e. The van der Waals surface area contributed by atoms with Gasteiger partial charge in [-0.25, -0.2) is 12.8 Å². The van der Waals surface area contributed by atoms with Crippen LogP contribution in [0.2, 0.25) is 5.02 Å². The van der Waals surface area contributed by atoms with Crippen LogP contribution in [0.25, 0.3) is 16.5 Å². The molecule has 0 bridgehead atoms.